The summed E-state index contributed by atoms with van der Waals surface area (Å²) in [7, 11) is 0. The van der Waals surface area contributed by atoms with Gasteiger partial charge in [0, 0.05) is 27.4 Å². The number of H-pyrrole nitrogens is 1. The number of rotatable bonds is 3. The van der Waals surface area contributed by atoms with Crippen molar-refractivity contribution in [2.45, 2.75) is 38.0 Å². The molecule has 1 aliphatic rings. The van der Waals surface area contributed by atoms with Crippen LogP contribution in [0.5, 0.6) is 0 Å². The molecule has 1 amide bonds. The Morgan fingerprint density at radius 2 is 2.17 bits per heavy atom. The molecule has 4 rings (SSSR count). The van der Waals surface area contributed by atoms with E-state index in [1.54, 1.807) is 0 Å². The Morgan fingerprint density at radius 3 is 2.92 bits per heavy atom. The van der Waals surface area contributed by atoms with Crippen molar-refractivity contribution in [3.8, 4) is 0 Å². The Bertz CT molecular complexity index is 895. The monoisotopic (exact) mass is 339 g/mol. The Hall–Kier alpha value is -2.11. The van der Waals surface area contributed by atoms with Crippen molar-refractivity contribution < 1.29 is 4.79 Å². The van der Waals surface area contributed by atoms with Crippen LogP contribution in [0.2, 0.25) is 0 Å². The summed E-state index contributed by atoms with van der Waals surface area (Å²) in [5.41, 5.74) is 7.16. The van der Waals surface area contributed by atoms with Gasteiger partial charge in [-0.3, -0.25) is 10.2 Å². The van der Waals surface area contributed by atoms with Crippen molar-refractivity contribution in [3.63, 3.8) is 0 Å². The van der Waals surface area contributed by atoms with Gasteiger partial charge in [0.25, 0.3) is 0 Å². The first-order chi connectivity index (χ1) is 11.7. The molecule has 4 nitrogen and oxygen atoms in total. The number of aromatic nitrogens is 1. The first kappa shape index (κ1) is 15.4. The number of aromatic amines is 1. The predicted molar refractivity (Wildman–Crippen MR) is 98.1 cm³/mol. The summed E-state index contributed by atoms with van der Waals surface area (Å²) in [6.07, 6.45) is 2.86. The van der Waals surface area contributed by atoms with Crippen LogP contribution >= 0.6 is 11.3 Å². The zero-order valence-corrected chi connectivity index (χ0v) is 14.5. The van der Waals surface area contributed by atoms with Crippen molar-refractivity contribution in [1.82, 2.24) is 10.4 Å². The van der Waals surface area contributed by atoms with Crippen molar-refractivity contribution in [1.29, 1.82) is 0 Å². The number of amides is 1. The third-order valence-corrected chi connectivity index (χ3v) is 6.24. The van der Waals surface area contributed by atoms with Crippen LogP contribution in [0.4, 0.5) is 0 Å². The van der Waals surface area contributed by atoms with Crippen molar-refractivity contribution in [2.75, 3.05) is 0 Å². The van der Waals surface area contributed by atoms with Gasteiger partial charge >= 0.3 is 0 Å². The van der Waals surface area contributed by atoms with Gasteiger partial charge in [-0.15, -0.1) is 11.3 Å². The summed E-state index contributed by atoms with van der Waals surface area (Å²) in [5, 5.41) is 3.30. The zero-order valence-electron chi connectivity index (χ0n) is 13.6. The van der Waals surface area contributed by atoms with Gasteiger partial charge in [0.2, 0.25) is 5.91 Å². The smallest absolute Gasteiger partial charge is 0.241 e. The SMILES string of the molecule is Cc1ccsc1CC1CCC(C(=O)NN)c2c1[nH]c1ccccc21. The van der Waals surface area contributed by atoms with E-state index in [1.165, 1.54) is 16.1 Å². The van der Waals surface area contributed by atoms with E-state index >= 15 is 0 Å². The summed E-state index contributed by atoms with van der Waals surface area (Å²) in [4.78, 5) is 17.3. The van der Waals surface area contributed by atoms with E-state index in [-0.39, 0.29) is 11.8 Å². The third-order valence-electron chi connectivity index (χ3n) is 5.20. The minimum absolute atomic E-state index is 0.0910. The van der Waals surface area contributed by atoms with Crippen LogP contribution in [-0.4, -0.2) is 10.9 Å². The van der Waals surface area contributed by atoms with Crippen LogP contribution in [0.15, 0.2) is 35.7 Å². The molecule has 0 saturated heterocycles. The topological polar surface area (TPSA) is 70.9 Å². The van der Waals surface area contributed by atoms with E-state index in [4.69, 9.17) is 5.84 Å². The Morgan fingerprint density at radius 1 is 1.33 bits per heavy atom. The number of hydrogen-bond donors (Lipinski definition) is 3. The number of aryl methyl sites for hydroxylation is 1. The number of nitrogens with two attached hydrogens (primary N) is 1. The van der Waals surface area contributed by atoms with Gasteiger partial charge < -0.3 is 4.98 Å². The minimum atomic E-state index is -0.165. The lowest BCUT2D eigenvalue weighted by atomic mass is 9.77. The molecular formula is C19H21N3OS. The maximum Gasteiger partial charge on any atom is 0.241 e. The van der Waals surface area contributed by atoms with E-state index < -0.39 is 0 Å². The first-order valence-electron chi connectivity index (χ1n) is 8.33. The minimum Gasteiger partial charge on any atom is -0.358 e. The predicted octanol–water partition coefficient (Wildman–Crippen LogP) is 3.73. The lowest BCUT2D eigenvalue weighted by molar-refractivity contribution is -0.122. The average molecular weight is 339 g/mol. The molecule has 3 aromatic rings. The number of carbonyl (C=O) groups is 1. The number of thiophene rings is 1. The van der Waals surface area contributed by atoms with E-state index in [0.717, 1.165) is 35.7 Å². The molecule has 0 fully saturated rings. The van der Waals surface area contributed by atoms with E-state index in [9.17, 15) is 4.79 Å². The number of nitrogens with one attached hydrogen (secondary N) is 2. The van der Waals surface area contributed by atoms with Gasteiger partial charge in [-0.05, 0) is 54.8 Å². The zero-order chi connectivity index (χ0) is 16.7. The lowest BCUT2D eigenvalue weighted by Crippen LogP contribution is -2.36. The number of benzene rings is 1. The van der Waals surface area contributed by atoms with Gasteiger partial charge in [-0.1, -0.05) is 18.2 Å². The van der Waals surface area contributed by atoms with Crippen LogP contribution in [0, 0.1) is 6.92 Å². The van der Waals surface area contributed by atoms with E-state index in [0.29, 0.717) is 5.92 Å². The molecule has 2 unspecified atom stereocenters. The molecule has 1 aliphatic carbocycles. The molecule has 0 aliphatic heterocycles. The van der Waals surface area contributed by atoms with Crippen molar-refractivity contribution >= 4 is 28.1 Å². The maximum atomic E-state index is 12.3. The molecule has 4 N–H and O–H groups in total. The molecule has 0 spiro atoms. The van der Waals surface area contributed by atoms with Gasteiger partial charge in [-0.25, -0.2) is 5.84 Å². The summed E-state index contributed by atoms with van der Waals surface area (Å²) >= 11 is 1.82. The molecule has 24 heavy (non-hydrogen) atoms. The molecule has 0 bridgehead atoms. The number of para-hydroxylation sites is 1. The fraction of sp³-hybridized carbons (Fsp3) is 0.316. The number of fused-ring (bicyclic) bond motifs is 3. The second-order valence-corrected chi connectivity index (χ2v) is 7.56. The highest BCUT2D eigenvalue weighted by Gasteiger charge is 2.34. The fourth-order valence-corrected chi connectivity index (χ4v) is 4.93. The second kappa shape index (κ2) is 6.07. The number of hydrazine groups is 1. The molecule has 0 radical (unpaired) electrons. The van der Waals surface area contributed by atoms with Crippen molar-refractivity contribution in [2.24, 2.45) is 5.84 Å². The second-order valence-electron chi connectivity index (χ2n) is 6.56. The first-order valence-corrected chi connectivity index (χ1v) is 9.21. The van der Waals surface area contributed by atoms with Crippen LogP contribution in [-0.2, 0) is 11.2 Å². The van der Waals surface area contributed by atoms with Gasteiger partial charge in [0.15, 0.2) is 0 Å². The Balaban J connectivity index is 1.81. The number of carbonyl (C=O) groups excluding carboxylic acids is 1. The highest BCUT2D eigenvalue weighted by atomic mass is 32.1. The van der Waals surface area contributed by atoms with Crippen LogP contribution in [0.1, 0.15) is 46.4 Å². The van der Waals surface area contributed by atoms with Gasteiger partial charge in [-0.2, -0.15) is 0 Å². The molecule has 2 aromatic heterocycles. The van der Waals surface area contributed by atoms with E-state index in [1.807, 2.05) is 23.5 Å². The van der Waals surface area contributed by atoms with Gasteiger partial charge in [0.05, 0.1) is 5.92 Å². The standard InChI is InChI=1S/C19H21N3OS/c1-11-8-9-24-16(11)10-12-6-7-14(19(23)22-20)17-13-4-2-3-5-15(13)21-18(12)17/h2-5,8-9,12,14,21H,6-7,10,20H2,1H3,(H,22,23). The highest BCUT2D eigenvalue weighted by Crippen LogP contribution is 2.44. The third kappa shape index (κ3) is 2.44. The van der Waals surface area contributed by atoms with Crippen LogP contribution < -0.4 is 11.3 Å². The quantitative estimate of drug-likeness (QED) is 0.386. The molecule has 2 atom stereocenters. The molecule has 124 valence electrons. The Labute approximate surface area is 145 Å². The summed E-state index contributed by atoms with van der Waals surface area (Å²) in [5.74, 6) is 5.60. The van der Waals surface area contributed by atoms with Crippen molar-refractivity contribution in [3.05, 3.63) is 57.4 Å². The van der Waals surface area contributed by atoms with Crippen LogP contribution in [0.3, 0.4) is 0 Å². The highest BCUT2D eigenvalue weighted by molar-refractivity contribution is 7.10. The maximum absolute atomic E-state index is 12.3. The van der Waals surface area contributed by atoms with E-state index in [2.05, 4.69) is 40.9 Å². The Kier molecular flexibility index (Phi) is 3.90. The average Bonchev–Trinajstić information content (AvgIpc) is 3.18. The van der Waals surface area contributed by atoms with Crippen LogP contribution in [0.25, 0.3) is 10.9 Å². The molecule has 1 aromatic carbocycles. The summed E-state index contributed by atoms with van der Waals surface area (Å²) in [6, 6.07) is 10.4. The number of hydrogen-bond acceptors (Lipinski definition) is 3. The lowest BCUT2D eigenvalue weighted by Gasteiger charge is -2.28. The molecule has 5 heteroatoms. The molecular weight excluding hydrogens is 318 g/mol. The normalized spacial score (nSPS) is 20.1. The summed E-state index contributed by atoms with van der Waals surface area (Å²) in [6.45, 7) is 2.17. The fourth-order valence-electron chi connectivity index (χ4n) is 3.94. The summed E-state index contributed by atoms with van der Waals surface area (Å²) < 4.78 is 0. The largest absolute Gasteiger partial charge is 0.358 e. The molecule has 2 heterocycles. The molecule has 0 saturated carbocycles. The van der Waals surface area contributed by atoms with Gasteiger partial charge in [0.1, 0.15) is 0 Å².